The zero-order chi connectivity index (χ0) is 12.4. The second-order valence-electron chi connectivity index (χ2n) is 4.18. The first-order valence-corrected chi connectivity index (χ1v) is 5.43. The van der Waals surface area contributed by atoms with Gasteiger partial charge in [0.15, 0.2) is 5.82 Å². The molecule has 0 aliphatic carbocycles. The first kappa shape index (κ1) is 11.5. The van der Waals surface area contributed by atoms with Gasteiger partial charge in [-0.3, -0.25) is 4.57 Å². The van der Waals surface area contributed by atoms with E-state index in [9.17, 15) is 4.79 Å². The summed E-state index contributed by atoms with van der Waals surface area (Å²) in [6.07, 6.45) is 1.68. The number of hydrogen-bond acceptors (Lipinski definition) is 5. The molecule has 2 heterocycles. The molecule has 0 aliphatic heterocycles. The van der Waals surface area contributed by atoms with Gasteiger partial charge in [0.05, 0.1) is 6.54 Å². The molecule has 2 rings (SSSR count). The van der Waals surface area contributed by atoms with Crippen molar-refractivity contribution in [2.24, 2.45) is 0 Å². The topological polar surface area (TPSA) is 73.8 Å². The zero-order valence-electron chi connectivity index (χ0n) is 10.0. The van der Waals surface area contributed by atoms with Crippen LogP contribution in [-0.4, -0.2) is 19.7 Å². The van der Waals surface area contributed by atoms with Gasteiger partial charge in [-0.15, -0.1) is 0 Å². The minimum atomic E-state index is -0.305. The van der Waals surface area contributed by atoms with Crippen LogP contribution in [0, 0.1) is 6.92 Å². The fourth-order valence-corrected chi connectivity index (χ4v) is 1.35. The summed E-state index contributed by atoms with van der Waals surface area (Å²) >= 11 is 0. The Morgan fingerprint density at radius 3 is 2.76 bits per heavy atom. The average molecular weight is 234 g/mol. The normalized spacial score (nSPS) is 11.1. The monoisotopic (exact) mass is 234 g/mol. The predicted molar refractivity (Wildman–Crippen MR) is 60.7 cm³/mol. The van der Waals surface area contributed by atoms with E-state index in [-0.39, 0.29) is 18.2 Å². The summed E-state index contributed by atoms with van der Waals surface area (Å²) in [6, 6.07) is 1.77. The Morgan fingerprint density at radius 2 is 2.18 bits per heavy atom. The molecule has 6 nitrogen and oxygen atoms in total. The van der Waals surface area contributed by atoms with Crippen LogP contribution in [0.1, 0.15) is 37.2 Å². The highest BCUT2D eigenvalue weighted by atomic mass is 16.5. The molecule has 0 aliphatic rings. The standard InChI is InChI=1S/C11H14N4O2/c1-7(2)10-13-9(14-17-10)6-15-5-4-8(3)12-11(15)16/h4-5,7H,6H2,1-3H3. The molecule has 0 unspecified atom stereocenters. The quantitative estimate of drug-likeness (QED) is 0.795. The summed E-state index contributed by atoms with van der Waals surface area (Å²) in [5.41, 5.74) is 0.392. The highest BCUT2D eigenvalue weighted by Gasteiger charge is 2.10. The summed E-state index contributed by atoms with van der Waals surface area (Å²) in [5.74, 6) is 1.25. The van der Waals surface area contributed by atoms with Gasteiger partial charge in [0.2, 0.25) is 5.89 Å². The third-order valence-electron chi connectivity index (χ3n) is 2.30. The van der Waals surface area contributed by atoms with Gasteiger partial charge in [-0.2, -0.15) is 9.97 Å². The van der Waals surface area contributed by atoms with Crippen molar-refractivity contribution in [3.8, 4) is 0 Å². The molecule has 0 aromatic carbocycles. The maximum Gasteiger partial charge on any atom is 0.348 e. The van der Waals surface area contributed by atoms with E-state index in [4.69, 9.17) is 4.52 Å². The average Bonchev–Trinajstić information content (AvgIpc) is 2.71. The van der Waals surface area contributed by atoms with Crippen molar-refractivity contribution in [1.82, 2.24) is 19.7 Å². The molecule has 0 atom stereocenters. The lowest BCUT2D eigenvalue weighted by atomic mass is 10.2. The van der Waals surface area contributed by atoms with Crippen molar-refractivity contribution < 1.29 is 4.52 Å². The van der Waals surface area contributed by atoms with Gasteiger partial charge in [-0.25, -0.2) is 4.79 Å². The van der Waals surface area contributed by atoms with Gasteiger partial charge in [-0.05, 0) is 13.0 Å². The minimum absolute atomic E-state index is 0.184. The van der Waals surface area contributed by atoms with E-state index >= 15 is 0 Å². The number of aryl methyl sites for hydroxylation is 1. The first-order chi connectivity index (χ1) is 8.06. The highest BCUT2D eigenvalue weighted by Crippen LogP contribution is 2.10. The fraction of sp³-hybridized carbons (Fsp3) is 0.455. The first-order valence-electron chi connectivity index (χ1n) is 5.43. The molecule has 2 aromatic rings. The number of hydrogen-bond donors (Lipinski definition) is 0. The summed E-state index contributed by atoms with van der Waals surface area (Å²) in [4.78, 5) is 19.6. The molecular weight excluding hydrogens is 220 g/mol. The van der Waals surface area contributed by atoms with E-state index in [0.717, 1.165) is 0 Å². The van der Waals surface area contributed by atoms with Crippen LogP contribution >= 0.6 is 0 Å². The van der Waals surface area contributed by atoms with E-state index in [0.29, 0.717) is 17.4 Å². The number of aromatic nitrogens is 4. The van der Waals surface area contributed by atoms with E-state index in [2.05, 4.69) is 15.1 Å². The molecule has 90 valence electrons. The maximum atomic E-state index is 11.6. The van der Waals surface area contributed by atoms with Gasteiger partial charge in [-0.1, -0.05) is 19.0 Å². The van der Waals surface area contributed by atoms with Crippen molar-refractivity contribution in [3.63, 3.8) is 0 Å². The Bertz CT molecular complexity index is 571. The van der Waals surface area contributed by atoms with Crippen LogP contribution in [0.4, 0.5) is 0 Å². The fourth-order valence-electron chi connectivity index (χ4n) is 1.35. The lowest BCUT2D eigenvalue weighted by Gasteiger charge is -2.00. The van der Waals surface area contributed by atoms with E-state index in [1.165, 1.54) is 4.57 Å². The van der Waals surface area contributed by atoms with Crippen molar-refractivity contribution >= 4 is 0 Å². The predicted octanol–water partition coefficient (Wildman–Crippen LogP) is 1.11. The third-order valence-corrected chi connectivity index (χ3v) is 2.30. The highest BCUT2D eigenvalue weighted by molar-refractivity contribution is 4.98. The lowest BCUT2D eigenvalue weighted by Crippen LogP contribution is -2.23. The Labute approximate surface area is 98.3 Å². The molecule has 0 saturated carbocycles. The molecule has 0 radical (unpaired) electrons. The van der Waals surface area contributed by atoms with Gasteiger partial charge >= 0.3 is 5.69 Å². The van der Waals surface area contributed by atoms with E-state index in [1.54, 1.807) is 19.2 Å². The smallest absolute Gasteiger partial charge is 0.339 e. The lowest BCUT2D eigenvalue weighted by molar-refractivity contribution is 0.359. The zero-order valence-corrected chi connectivity index (χ0v) is 10.0. The molecular formula is C11H14N4O2. The Morgan fingerprint density at radius 1 is 1.41 bits per heavy atom. The van der Waals surface area contributed by atoms with Gasteiger partial charge in [0, 0.05) is 17.8 Å². The molecule has 0 saturated heterocycles. The minimum Gasteiger partial charge on any atom is -0.339 e. The second kappa shape index (κ2) is 4.48. The third kappa shape index (κ3) is 2.58. The largest absolute Gasteiger partial charge is 0.348 e. The Balaban J connectivity index is 2.22. The van der Waals surface area contributed by atoms with Crippen LogP contribution < -0.4 is 5.69 Å². The van der Waals surface area contributed by atoms with Gasteiger partial charge < -0.3 is 4.52 Å². The summed E-state index contributed by atoms with van der Waals surface area (Å²) in [5, 5.41) is 3.82. The molecule has 6 heteroatoms. The number of rotatable bonds is 3. The van der Waals surface area contributed by atoms with Crippen molar-refractivity contribution in [3.05, 3.63) is 40.2 Å². The van der Waals surface area contributed by atoms with Crippen molar-refractivity contribution in [2.75, 3.05) is 0 Å². The van der Waals surface area contributed by atoms with Crippen molar-refractivity contribution in [2.45, 2.75) is 33.2 Å². The van der Waals surface area contributed by atoms with Crippen LogP contribution in [0.3, 0.4) is 0 Å². The molecule has 0 amide bonds. The maximum absolute atomic E-state index is 11.6. The second-order valence-corrected chi connectivity index (χ2v) is 4.18. The molecule has 17 heavy (non-hydrogen) atoms. The van der Waals surface area contributed by atoms with Crippen LogP contribution in [0.5, 0.6) is 0 Å². The molecule has 0 N–H and O–H groups in total. The summed E-state index contributed by atoms with van der Waals surface area (Å²) in [6.45, 7) is 5.99. The molecule has 0 spiro atoms. The molecule has 2 aromatic heterocycles. The Hall–Kier alpha value is -1.98. The van der Waals surface area contributed by atoms with Crippen LogP contribution in [0.2, 0.25) is 0 Å². The summed E-state index contributed by atoms with van der Waals surface area (Å²) < 4.78 is 6.51. The van der Waals surface area contributed by atoms with E-state index < -0.39 is 0 Å². The molecule has 0 fully saturated rings. The van der Waals surface area contributed by atoms with Gasteiger partial charge in [0.1, 0.15) is 0 Å². The van der Waals surface area contributed by atoms with Crippen molar-refractivity contribution in [1.29, 1.82) is 0 Å². The van der Waals surface area contributed by atoms with Gasteiger partial charge in [0.25, 0.3) is 0 Å². The summed E-state index contributed by atoms with van der Waals surface area (Å²) in [7, 11) is 0. The van der Waals surface area contributed by atoms with Crippen LogP contribution in [-0.2, 0) is 6.54 Å². The van der Waals surface area contributed by atoms with E-state index in [1.807, 2.05) is 13.8 Å². The molecule has 0 bridgehead atoms. The Kier molecular flexibility index (Phi) is 3.03. The van der Waals surface area contributed by atoms with Crippen LogP contribution in [0.25, 0.3) is 0 Å². The number of nitrogens with zero attached hydrogens (tertiary/aromatic N) is 4. The SMILES string of the molecule is Cc1ccn(Cc2noc(C(C)C)n2)c(=O)n1. The van der Waals surface area contributed by atoms with Crippen LogP contribution in [0.15, 0.2) is 21.6 Å².